The molecule has 0 radical (unpaired) electrons. The van der Waals surface area contributed by atoms with Crippen LogP contribution in [0.1, 0.15) is 67.2 Å². The number of phosphoric ester groups is 1. The van der Waals surface area contributed by atoms with Crippen molar-refractivity contribution in [2.45, 2.75) is 92.4 Å². The Labute approximate surface area is 184 Å². The highest BCUT2D eigenvalue weighted by Gasteiger charge is 2.33. The van der Waals surface area contributed by atoms with Crippen molar-refractivity contribution in [3.05, 3.63) is 24.3 Å². The van der Waals surface area contributed by atoms with E-state index in [1.165, 1.54) is 27.7 Å². The number of phosphoric acid groups is 1. The normalized spacial score (nSPS) is 17.0. The predicted octanol–water partition coefficient (Wildman–Crippen LogP) is 4.34. The molecule has 0 saturated carbocycles. The Morgan fingerprint density at radius 2 is 1.16 bits per heavy atom. The van der Waals surface area contributed by atoms with E-state index in [1.54, 1.807) is 0 Å². The van der Waals surface area contributed by atoms with Gasteiger partial charge in [0, 0.05) is 11.1 Å². The van der Waals surface area contributed by atoms with Gasteiger partial charge in [0.15, 0.2) is 12.6 Å². The Morgan fingerprint density at radius 3 is 1.42 bits per heavy atom. The molecule has 0 aliphatic carbocycles. The molecule has 4 atom stereocenters. The van der Waals surface area contributed by atoms with Crippen molar-refractivity contribution in [2.24, 2.45) is 0 Å². The van der Waals surface area contributed by atoms with Gasteiger partial charge in [0.1, 0.15) is 0 Å². The van der Waals surface area contributed by atoms with Crippen molar-refractivity contribution < 1.29 is 47.0 Å². The lowest BCUT2D eigenvalue weighted by molar-refractivity contribution is -0.228. The lowest BCUT2D eigenvalue weighted by Crippen LogP contribution is -2.29. The second-order valence-corrected chi connectivity index (χ2v) is 8.25. The summed E-state index contributed by atoms with van der Waals surface area (Å²) in [6, 6.07) is 0. The molecule has 11 heteroatoms. The van der Waals surface area contributed by atoms with Crippen LogP contribution >= 0.6 is 7.82 Å². The number of esters is 2. The first-order valence-corrected chi connectivity index (χ1v) is 11.5. The summed E-state index contributed by atoms with van der Waals surface area (Å²) < 4.78 is 43.6. The van der Waals surface area contributed by atoms with Crippen LogP contribution in [0.4, 0.5) is 0 Å². The van der Waals surface area contributed by atoms with Crippen molar-refractivity contribution in [1.29, 1.82) is 0 Å². The van der Waals surface area contributed by atoms with Gasteiger partial charge >= 0.3 is 19.8 Å². The van der Waals surface area contributed by atoms with Crippen LogP contribution in [0.2, 0.25) is 0 Å². The maximum atomic E-state index is 12.5. The summed E-state index contributed by atoms with van der Waals surface area (Å²) >= 11 is 0. The molecule has 0 bridgehead atoms. The summed E-state index contributed by atoms with van der Waals surface area (Å²) in [5.41, 5.74) is 0.362. The van der Waals surface area contributed by atoms with Gasteiger partial charge in [-0.1, -0.05) is 39.8 Å². The molecular weight excluding hydrogens is 431 g/mol. The van der Waals surface area contributed by atoms with E-state index >= 15 is 0 Å². The maximum absolute atomic E-state index is 12.5. The Morgan fingerprint density at radius 1 is 0.839 bits per heavy atom. The van der Waals surface area contributed by atoms with Gasteiger partial charge in [-0.25, -0.2) is 14.2 Å². The molecule has 0 amide bonds. The summed E-state index contributed by atoms with van der Waals surface area (Å²) in [5.74, 6) is -1.33. The molecule has 0 aromatic carbocycles. The monoisotopic (exact) mass is 466 g/mol. The van der Waals surface area contributed by atoms with E-state index in [2.05, 4.69) is 13.2 Å². The number of hydrogen-bond donors (Lipinski definition) is 1. The minimum Gasteiger partial charge on any atom is -0.433 e. The Hall–Kier alpha value is -1.55. The predicted molar refractivity (Wildman–Crippen MR) is 112 cm³/mol. The molecule has 180 valence electrons. The first-order chi connectivity index (χ1) is 14.3. The standard InChI is InChI=1S/C20H35O10P/c1-9-11-17(25-15(7)27-19(21)13(3)4)29-31(23,24)30-18(12-10-2)26-16(8)28-20(22)14(5)6/h15-18H,3,5,9-12H2,1-2,4,6-8H3,(H,23,24). The average molecular weight is 466 g/mol. The number of hydrogen-bond acceptors (Lipinski definition) is 9. The maximum Gasteiger partial charge on any atom is 0.476 e. The Balaban J connectivity index is 5.03. The van der Waals surface area contributed by atoms with Crippen molar-refractivity contribution >= 4 is 19.8 Å². The fourth-order valence-electron chi connectivity index (χ4n) is 2.07. The molecule has 31 heavy (non-hydrogen) atoms. The third kappa shape index (κ3) is 13.5. The highest BCUT2D eigenvalue weighted by Crippen LogP contribution is 2.47. The first-order valence-electron chi connectivity index (χ1n) is 10.0. The fourth-order valence-corrected chi connectivity index (χ4v) is 3.02. The molecule has 0 aliphatic heterocycles. The topological polar surface area (TPSA) is 127 Å². The van der Waals surface area contributed by atoms with Crippen LogP contribution in [0.3, 0.4) is 0 Å². The van der Waals surface area contributed by atoms with Crippen molar-refractivity contribution in [1.82, 2.24) is 0 Å². The Kier molecular flexibility index (Phi) is 13.8. The molecule has 0 aromatic heterocycles. The van der Waals surface area contributed by atoms with E-state index in [0.29, 0.717) is 12.8 Å². The number of rotatable bonds is 16. The fraction of sp³-hybridized carbons (Fsp3) is 0.700. The first kappa shape index (κ1) is 29.5. The van der Waals surface area contributed by atoms with Crippen molar-refractivity contribution in [3.8, 4) is 0 Å². The third-order valence-corrected chi connectivity index (χ3v) is 4.48. The second kappa shape index (κ2) is 14.5. The van der Waals surface area contributed by atoms with E-state index in [4.69, 9.17) is 28.0 Å². The average Bonchev–Trinajstić information content (AvgIpc) is 2.60. The van der Waals surface area contributed by atoms with Gasteiger partial charge in [0.05, 0.1) is 0 Å². The van der Waals surface area contributed by atoms with Gasteiger partial charge in [-0.3, -0.25) is 9.05 Å². The molecule has 0 saturated heterocycles. The SMILES string of the molecule is C=C(C)C(=O)OC(C)OC(CCC)OP(=O)(O)OC(CCC)OC(C)OC(=O)C(=C)C. The summed E-state index contributed by atoms with van der Waals surface area (Å²) in [5, 5.41) is 0. The second-order valence-electron chi connectivity index (χ2n) is 6.89. The van der Waals surface area contributed by atoms with Gasteiger partial charge < -0.3 is 23.8 Å². The summed E-state index contributed by atoms with van der Waals surface area (Å²) in [6.45, 7) is 16.4. The summed E-state index contributed by atoms with van der Waals surface area (Å²) in [4.78, 5) is 33.4. The Bertz CT molecular complexity index is 610. The van der Waals surface area contributed by atoms with E-state index < -0.39 is 44.9 Å². The van der Waals surface area contributed by atoms with Crippen LogP contribution in [-0.4, -0.2) is 42.0 Å². The van der Waals surface area contributed by atoms with Crippen LogP contribution in [0, 0.1) is 0 Å². The zero-order valence-electron chi connectivity index (χ0n) is 19.1. The van der Waals surface area contributed by atoms with Gasteiger partial charge in [-0.05, 0) is 40.5 Å². The molecule has 0 aliphatic rings. The van der Waals surface area contributed by atoms with E-state index in [-0.39, 0.29) is 24.0 Å². The quantitative estimate of drug-likeness (QED) is 0.152. The van der Waals surface area contributed by atoms with Crippen molar-refractivity contribution in [2.75, 3.05) is 0 Å². The van der Waals surface area contributed by atoms with Gasteiger partial charge in [0.2, 0.25) is 12.6 Å². The lowest BCUT2D eigenvalue weighted by Gasteiger charge is -2.27. The van der Waals surface area contributed by atoms with Gasteiger partial charge in [-0.15, -0.1) is 0 Å². The minimum absolute atomic E-state index is 0.181. The molecule has 0 rings (SSSR count). The zero-order valence-corrected chi connectivity index (χ0v) is 20.0. The van der Waals surface area contributed by atoms with Crippen LogP contribution in [0.25, 0.3) is 0 Å². The molecule has 0 fully saturated rings. The third-order valence-electron chi connectivity index (χ3n) is 3.48. The molecule has 0 aromatic rings. The van der Waals surface area contributed by atoms with Crippen LogP contribution in [0.15, 0.2) is 24.3 Å². The smallest absolute Gasteiger partial charge is 0.433 e. The van der Waals surface area contributed by atoms with E-state index in [0.717, 1.165) is 0 Å². The number of ether oxygens (including phenoxy) is 4. The molecular formula is C20H35O10P. The zero-order chi connectivity index (χ0) is 24.2. The molecule has 10 nitrogen and oxygen atoms in total. The highest BCUT2D eigenvalue weighted by molar-refractivity contribution is 7.47. The van der Waals surface area contributed by atoms with Gasteiger partial charge in [0.25, 0.3) is 0 Å². The van der Waals surface area contributed by atoms with Crippen molar-refractivity contribution in [3.63, 3.8) is 0 Å². The van der Waals surface area contributed by atoms with Crippen LogP contribution < -0.4 is 0 Å². The minimum atomic E-state index is -4.65. The molecule has 0 spiro atoms. The summed E-state index contributed by atoms with van der Waals surface area (Å²) in [6.07, 6.45) is -2.91. The molecule has 4 unspecified atom stereocenters. The molecule has 1 N–H and O–H groups in total. The van der Waals surface area contributed by atoms with E-state index in [9.17, 15) is 19.0 Å². The summed E-state index contributed by atoms with van der Waals surface area (Å²) in [7, 11) is -4.65. The number of carbonyl (C=O) groups excluding carboxylic acids is 2. The molecule has 0 heterocycles. The van der Waals surface area contributed by atoms with E-state index in [1.807, 2.05) is 13.8 Å². The van der Waals surface area contributed by atoms with Gasteiger partial charge in [-0.2, -0.15) is 0 Å². The largest absolute Gasteiger partial charge is 0.476 e. The van der Waals surface area contributed by atoms with Crippen LogP contribution in [0.5, 0.6) is 0 Å². The highest BCUT2D eigenvalue weighted by atomic mass is 31.2. The number of carbonyl (C=O) groups is 2. The lowest BCUT2D eigenvalue weighted by atomic mass is 10.3. The van der Waals surface area contributed by atoms with Crippen LogP contribution in [-0.2, 0) is 42.1 Å².